The van der Waals surface area contributed by atoms with Crippen LogP contribution in [0.4, 0.5) is 0 Å². The molecule has 2 aliphatic rings. The van der Waals surface area contributed by atoms with Crippen LogP contribution in [-0.4, -0.2) is 61.9 Å². The fraction of sp³-hybridized carbons (Fsp3) is 0.750. The highest BCUT2D eigenvalue weighted by Crippen LogP contribution is 2.41. The number of rotatable bonds is 6. The number of thiazole rings is 1. The number of nitrogens with one attached hydrogen (secondary N) is 1. The Morgan fingerprint density at radius 1 is 1.65 bits per heavy atom. The third-order valence-electron chi connectivity index (χ3n) is 4.95. The topological polar surface area (TPSA) is 63.7 Å². The highest BCUT2D eigenvalue weighted by Gasteiger charge is 2.53. The number of likely N-dealkylation sites (tertiary alicyclic amines) is 1. The lowest BCUT2D eigenvalue weighted by Crippen LogP contribution is -2.57. The van der Waals surface area contributed by atoms with E-state index < -0.39 is 5.41 Å². The van der Waals surface area contributed by atoms with Gasteiger partial charge in [-0.25, -0.2) is 4.98 Å². The zero-order chi connectivity index (χ0) is 16.3. The van der Waals surface area contributed by atoms with E-state index in [0.29, 0.717) is 19.8 Å². The standard InChI is InChI=1S/C16H25N3O3S/c1-12-13(23-11-18-12)9-19-6-3-14-16(10-19,4-7-22-14)15(20)17-5-8-21-2/h11,14H,3-10H2,1-2H3,(H,17,20)/t14-,16-/m1/s1. The average Bonchev–Trinajstić information content (AvgIpc) is 3.14. The number of carbonyl (C=O) groups is 1. The minimum atomic E-state index is -0.412. The Morgan fingerprint density at radius 2 is 2.52 bits per heavy atom. The molecule has 1 aromatic rings. The van der Waals surface area contributed by atoms with E-state index in [-0.39, 0.29) is 12.0 Å². The Morgan fingerprint density at radius 3 is 3.26 bits per heavy atom. The number of aromatic nitrogens is 1. The van der Waals surface area contributed by atoms with E-state index in [1.54, 1.807) is 18.4 Å². The largest absolute Gasteiger partial charge is 0.383 e. The van der Waals surface area contributed by atoms with E-state index in [9.17, 15) is 4.79 Å². The molecule has 0 spiro atoms. The molecule has 1 N–H and O–H groups in total. The van der Waals surface area contributed by atoms with Crippen LogP contribution in [-0.2, 0) is 20.8 Å². The monoisotopic (exact) mass is 339 g/mol. The van der Waals surface area contributed by atoms with Gasteiger partial charge in [-0.3, -0.25) is 9.69 Å². The van der Waals surface area contributed by atoms with Crippen molar-refractivity contribution in [1.82, 2.24) is 15.2 Å². The summed E-state index contributed by atoms with van der Waals surface area (Å²) in [7, 11) is 1.64. The van der Waals surface area contributed by atoms with E-state index >= 15 is 0 Å². The van der Waals surface area contributed by atoms with Gasteiger partial charge in [0.25, 0.3) is 0 Å². The number of carbonyl (C=O) groups excluding carboxylic acids is 1. The Balaban J connectivity index is 1.68. The van der Waals surface area contributed by atoms with Gasteiger partial charge in [0, 0.05) is 44.8 Å². The Bertz CT molecular complexity index is 550. The van der Waals surface area contributed by atoms with Crippen molar-refractivity contribution in [2.24, 2.45) is 5.41 Å². The van der Waals surface area contributed by atoms with Crippen molar-refractivity contribution in [2.75, 3.05) is 40.0 Å². The van der Waals surface area contributed by atoms with Gasteiger partial charge in [0.2, 0.25) is 5.91 Å². The van der Waals surface area contributed by atoms with E-state index in [1.807, 2.05) is 12.4 Å². The summed E-state index contributed by atoms with van der Waals surface area (Å²) >= 11 is 1.69. The highest BCUT2D eigenvalue weighted by atomic mass is 32.1. The van der Waals surface area contributed by atoms with Crippen molar-refractivity contribution < 1.29 is 14.3 Å². The molecule has 0 radical (unpaired) electrons. The van der Waals surface area contributed by atoms with Gasteiger partial charge in [-0.2, -0.15) is 0 Å². The molecule has 128 valence electrons. The Hall–Kier alpha value is -1.02. The lowest BCUT2D eigenvalue weighted by molar-refractivity contribution is -0.139. The molecule has 0 unspecified atom stereocenters. The van der Waals surface area contributed by atoms with Crippen molar-refractivity contribution in [1.29, 1.82) is 0 Å². The van der Waals surface area contributed by atoms with Gasteiger partial charge in [0.15, 0.2) is 0 Å². The van der Waals surface area contributed by atoms with Crippen LogP contribution >= 0.6 is 11.3 Å². The second-order valence-electron chi connectivity index (χ2n) is 6.37. The van der Waals surface area contributed by atoms with E-state index in [0.717, 1.165) is 38.2 Å². The van der Waals surface area contributed by atoms with Gasteiger partial charge in [-0.15, -0.1) is 11.3 Å². The average molecular weight is 339 g/mol. The number of aryl methyl sites for hydroxylation is 1. The smallest absolute Gasteiger partial charge is 0.230 e. The van der Waals surface area contributed by atoms with Crippen LogP contribution in [0.25, 0.3) is 0 Å². The van der Waals surface area contributed by atoms with Crippen molar-refractivity contribution in [2.45, 2.75) is 32.4 Å². The lowest BCUT2D eigenvalue weighted by atomic mass is 9.75. The van der Waals surface area contributed by atoms with Crippen molar-refractivity contribution in [3.8, 4) is 0 Å². The van der Waals surface area contributed by atoms with E-state index in [2.05, 4.69) is 15.2 Å². The maximum absolute atomic E-state index is 12.8. The van der Waals surface area contributed by atoms with Crippen LogP contribution in [0, 0.1) is 12.3 Å². The van der Waals surface area contributed by atoms with Crippen LogP contribution in [0.15, 0.2) is 5.51 Å². The molecule has 7 heteroatoms. The number of ether oxygens (including phenoxy) is 2. The Kier molecular flexibility index (Phi) is 5.31. The number of nitrogens with zero attached hydrogens (tertiary/aromatic N) is 2. The van der Waals surface area contributed by atoms with Gasteiger partial charge >= 0.3 is 0 Å². The first-order valence-electron chi connectivity index (χ1n) is 8.16. The number of hydrogen-bond acceptors (Lipinski definition) is 6. The van der Waals surface area contributed by atoms with Crippen LogP contribution in [0.1, 0.15) is 23.4 Å². The molecule has 0 aromatic carbocycles. The zero-order valence-corrected chi connectivity index (χ0v) is 14.7. The molecule has 0 bridgehead atoms. The fourth-order valence-electron chi connectivity index (χ4n) is 3.61. The maximum Gasteiger partial charge on any atom is 0.230 e. The van der Waals surface area contributed by atoms with Crippen LogP contribution in [0.2, 0.25) is 0 Å². The van der Waals surface area contributed by atoms with Crippen LogP contribution in [0.5, 0.6) is 0 Å². The zero-order valence-electron chi connectivity index (χ0n) is 13.8. The normalized spacial score (nSPS) is 27.8. The highest BCUT2D eigenvalue weighted by molar-refractivity contribution is 7.09. The molecule has 23 heavy (non-hydrogen) atoms. The van der Waals surface area contributed by atoms with Crippen molar-refractivity contribution >= 4 is 17.2 Å². The summed E-state index contributed by atoms with van der Waals surface area (Å²) in [6.45, 7) is 6.41. The number of hydrogen-bond donors (Lipinski definition) is 1. The molecule has 3 heterocycles. The van der Waals surface area contributed by atoms with Gasteiger partial charge < -0.3 is 14.8 Å². The van der Waals surface area contributed by atoms with E-state index in [1.165, 1.54) is 4.88 Å². The summed E-state index contributed by atoms with van der Waals surface area (Å²) in [6.07, 6.45) is 1.76. The second kappa shape index (κ2) is 7.25. The molecule has 1 aromatic heterocycles. The number of piperidine rings is 1. The molecular formula is C16H25N3O3S. The minimum absolute atomic E-state index is 0.0452. The molecule has 2 aliphatic heterocycles. The second-order valence-corrected chi connectivity index (χ2v) is 7.31. The number of amides is 1. The molecule has 0 saturated carbocycles. The Labute approximate surface area is 141 Å². The lowest BCUT2D eigenvalue weighted by Gasteiger charge is -2.42. The summed E-state index contributed by atoms with van der Waals surface area (Å²) < 4.78 is 10.9. The van der Waals surface area contributed by atoms with Crippen LogP contribution < -0.4 is 5.32 Å². The molecular weight excluding hydrogens is 314 g/mol. The fourth-order valence-corrected chi connectivity index (χ4v) is 4.43. The maximum atomic E-state index is 12.8. The minimum Gasteiger partial charge on any atom is -0.383 e. The van der Waals surface area contributed by atoms with Crippen LogP contribution in [0.3, 0.4) is 0 Å². The summed E-state index contributed by atoms with van der Waals surface area (Å²) in [5.74, 6) is 0.114. The predicted molar refractivity (Wildman–Crippen MR) is 88.4 cm³/mol. The summed E-state index contributed by atoms with van der Waals surface area (Å²) in [5, 5.41) is 3.03. The summed E-state index contributed by atoms with van der Waals surface area (Å²) in [6, 6.07) is 0. The van der Waals surface area contributed by atoms with E-state index in [4.69, 9.17) is 9.47 Å². The molecule has 2 saturated heterocycles. The third kappa shape index (κ3) is 3.42. The first-order valence-corrected chi connectivity index (χ1v) is 9.04. The number of fused-ring (bicyclic) bond motifs is 1. The van der Waals surface area contributed by atoms with Gasteiger partial charge in [-0.05, 0) is 19.8 Å². The quantitative estimate of drug-likeness (QED) is 0.789. The SMILES string of the molecule is COCCNC(=O)[C@@]12CCO[C@@H]1CCN(Cc1scnc1C)C2. The summed E-state index contributed by atoms with van der Waals surface area (Å²) in [4.78, 5) is 20.8. The molecule has 1 amide bonds. The summed E-state index contributed by atoms with van der Waals surface area (Å²) in [5.41, 5.74) is 2.58. The first-order chi connectivity index (χ1) is 11.2. The molecule has 6 nitrogen and oxygen atoms in total. The van der Waals surface area contributed by atoms with Gasteiger partial charge in [0.1, 0.15) is 0 Å². The molecule has 0 aliphatic carbocycles. The van der Waals surface area contributed by atoms with Gasteiger partial charge in [0.05, 0.1) is 29.3 Å². The number of methoxy groups -OCH3 is 1. The van der Waals surface area contributed by atoms with Crippen molar-refractivity contribution in [3.05, 3.63) is 16.1 Å². The predicted octanol–water partition coefficient (Wildman–Crippen LogP) is 1.20. The molecule has 3 rings (SSSR count). The first kappa shape index (κ1) is 16.8. The van der Waals surface area contributed by atoms with Gasteiger partial charge in [-0.1, -0.05) is 0 Å². The van der Waals surface area contributed by atoms with Crippen molar-refractivity contribution in [3.63, 3.8) is 0 Å². The molecule has 2 fully saturated rings. The third-order valence-corrected chi connectivity index (χ3v) is 5.87. The molecule has 2 atom stereocenters.